The molecule has 5 rings (SSSR count). The quantitative estimate of drug-likeness (QED) is 0.642. The highest BCUT2D eigenvalue weighted by molar-refractivity contribution is 8.14. The summed E-state index contributed by atoms with van der Waals surface area (Å²) in [6, 6.07) is 3.89. The fourth-order valence-electron chi connectivity index (χ4n) is 4.32. The minimum absolute atomic E-state index is 0.0197. The van der Waals surface area contributed by atoms with Crippen LogP contribution in [0, 0.1) is 5.92 Å². The van der Waals surface area contributed by atoms with Crippen molar-refractivity contribution in [1.82, 2.24) is 14.9 Å². The van der Waals surface area contributed by atoms with Gasteiger partial charge in [-0.1, -0.05) is 11.8 Å². The van der Waals surface area contributed by atoms with Crippen LogP contribution in [0.1, 0.15) is 22.4 Å². The smallest absolute Gasteiger partial charge is 0.225 e. The average Bonchev–Trinajstić information content (AvgIpc) is 3.31. The maximum Gasteiger partial charge on any atom is 0.225 e. The number of hydrogen-bond acceptors (Lipinski definition) is 8. The second kappa shape index (κ2) is 7.80. The number of thioether (sulfide) groups is 1. The van der Waals surface area contributed by atoms with Crippen LogP contribution in [0.4, 0.5) is 11.5 Å². The van der Waals surface area contributed by atoms with E-state index in [4.69, 9.17) is 4.74 Å². The number of amides is 1. The van der Waals surface area contributed by atoms with E-state index in [9.17, 15) is 9.59 Å². The fourth-order valence-corrected chi connectivity index (χ4v) is 6.50. The van der Waals surface area contributed by atoms with Crippen molar-refractivity contribution in [2.45, 2.75) is 30.6 Å². The molecule has 3 heterocycles. The molecule has 1 atom stereocenters. The van der Waals surface area contributed by atoms with Gasteiger partial charge in [-0.2, -0.15) is 0 Å². The third-order valence-electron chi connectivity index (χ3n) is 5.83. The molecular formula is C22H22N4O3S2. The van der Waals surface area contributed by atoms with Crippen molar-refractivity contribution in [3.63, 3.8) is 0 Å². The summed E-state index contributed by atoms with van der Waals surface area (Å²) in [4.78, 5) is 38.1. The van der Waals surface area contributed by atoms with Gasteiger partial charge in [-0.05, 0) is 42.5 Å². The molecular weight excluding hydrogens is 432 g/mol. The first-order chi connectivity index (χ1) is 14.9. The van der Waals surface area contributed by atoms with Crippen molar-refractivity contribution < 1.29 is 14.3 Å². The molecule has 0 radical (unpaired) electrons. The lowest BCUT2D eigenvalue weighted by Gasteiger charge is -2.24. The third-order valence-corrected chi connectivity index (χ3v) is 7.96. The summed E-state index contributed by atoms with van der Waals surface area (Å²) in [6.07, 6.45) is 4.39. The Morgan fingerprint density at radius 2 is 2.13 bits per heavy atom. The Morgan fingerprint density at radius 3 is 2.90 bits per heavy atom. The highest BCUT2D eigenvalue weighted by atomic mass is 32.2. The normalized spacial score (nSPS) is 17.4. The van der Waals surface area contributed by atoms with Gasteiger partial charge in [-0.15, -0.1) is 11.3 Å². The molecule has 7 nitrogen and oxygen atoms in total. The lowest BCUT2D eigenvalue weighted by Crippen LogP contribution is -2.32. The zero-order valence-electron chi connectivity index (χ0n) is 17.5. The summed E-state index contributed by atoms with van der Waals surface area (Å²) in [5.74, 6) is 1.61. The minimum Gasteiger partial charge on any atom is -0.495 e. The lowest BCUT2D eigenvalue weighted by atomic mass is 9.87. The van der Waals surface area contributed by atoms with Gasteiger partial charge in [-0.3, -0.25) is 9.59 Å². The maximum atomic E-state index is 12.5. The van der Waals surface area contributed by atoms with Gasteiger partial charge in [0.15, 0.2) is 5.12 Å². The Balaban J connectivity index is 1.52. The molecule has 0 bridgehead atoms. The topological polar surface area (TPSA) is 84.4 Å². The molecule has 2 aromatic heterocycles. The molecule has 1 aliphatic carbocycles. The Bertz CT molecular complexity index is 1220. The fraction of sp³-hybridized carbons (Fsp3) is 0.364. The Morgan fingerprint density at radius 1 is 1.29 bits per heavy atom. The molecule has 9 heteroatoms. The number of benzene rings is 1. The van der Waals surface area contributed by atoms with E-state index in [-0.39, 0.29) is 16.9 Å². The maximum absolute atomic E-state index is 12.5. The van der Waals surface area contributed by atoms with Gasteiger partial charge in [0.2, 0.25) is 5.91 Å². The molecule has 0 fully saturated rings. The zero-order valence-corrected chi connectivity index (χ0v) is 19.2. The summed E-state index contributed by atoms with van der Waals surface area (Å²) in [5, 5.41) is 4.59. The van der Waals surface area contributed by atoms with Crippen molar-refractivity contribution >= 4 is 55.8 Å². The Kier molecular flexibility index (Phi) is 5.10. The molecule has 1 unspecified atom stereocenters. The van der Waals surface area contributed by atoms with Crippen LogP contribution in [0.15, 0.2) is 23.4 Å². The van der Waals surface area contributed by atoms with E-state index in [0.717, 1.165) is 51.4 Å². The lowest BCUT2D eigenvalue weighted by molar-refractivity contribution is -0.133. The SMILES string of the molecule is COc1cc2c(cc1Nc1ncnc3sc4c(c13)CCC(C(=O)N(C)C)C4)SC(=O)C2. The van der Waals surface area contributed by atoms with Crippen molar-refractivity contribution in [1.29, 1.82) is 0 Å². The van der Waals surface area contributed by atoms with Crippen LogP contribution in [0.5, 0.6) is 5.75 Å². The van der Waals surface area contributed by atoms with E-state index < -0.39 is 0 Å². The number of rotatable bonds is 4. The highest BCUT2D eigenvalue weighted by Crippen LogP contribution is 2.43. The molecule has 0 saturated carbocycles. The molecule has 1 aliphatic heterocycles. The molecule has 0 spiro atoms. The number of carbonyl (C=O) groups excluding carboxylic acids is 2. The van der Waals surface area contributed by atoms with Crippen LogP contribution >= 0.6 is 23.1 Å². The Labute approximate surface area is 188 Å². The van der Waals surface area contributed by atoms with E-state index in [1.54, 1.807) is 29.7 Å². The van der Waals surface area contributed by atoms with E-state index in [1.807, 2.05) is 26.2 Å². The molecule has 0 saturated heterocycles. The summed E-state index contributed by atoms with van der Waals surface area (Å²) in [7, 11) is 5.25. The molecule has 1 N–H and O–H groups in total. The van der Waals surface area contributed by atoms with E-state index in [2.05, 4.69) is 15.3 Å². The summed E-state index contributed by atoms with van der Waals surface area (Å²) >= 11 is 2.91. The number of fused-ring (bicyclic) bond motifs is 4. The van der Waals surface area contributed by atoms with Crippen molar-refractivity contribution in [2.75, 3.05) is 26.5 Å². The molecule has 1 amide bonds. The van der Waals surface area contributed by atoms with Crippen LogP contribution in [0.2, 0.25) is 0 Å². The van der Waals surface area contributed by atoms with Crippen molar-refractivity contribution in [3.05, 3.63) is 34.5 Å². The van der Waals surface area contributed by atoms with Crippen molar-refractivity contribution in [3.8, 4) is 5.75 Å². The molecule has 160 valence electrons. The standard InChI is InChI=1S/C22H22N4O3S2/c1-26(2)22(28)11-4-5-13-17(7-11)31-21-19(13)20(23-10-24-21)25-14-9-16-12(6-15(14)29-3)8-18(27)30-16/h6,9-11H,4-5,7-8H2,1-3H3,(H,23,24,25). The van der Waals surface area contributed by atoms with Crippen molar-refractivity contribution in [2.24, 2.45) is 5.92 Å². The number of aryl methyl sites for hydroxylation is 1. The van der Waals surface area contributed by atoms with Gasteiger partial charge in [0.25, 0.3) is 0 Å². The summed E-state index contributed by atoms with van der Waals surface area (Å²) in [5.41, 5.74) is 3.00. The first-order valence-corrected chi connectivity index (χ1v) is 11.7. The van der Waals surface area contributed by atoms with Crippen LogP contribution in [-0.4, -0.2) is 47.1 Å². The minimum atomic E-state index is 0.0197. The number of aromatic nitrogens is 2. The molecule has 1 aromatic carbocycles. The van der Waals surface area contributed by atoms with E-state index in [0.29, 0.717) is 12.2 Å². The monoisotopic (exact) mass is 454 g/mol. The molecule has 3 aromatic rings. The van der Waals surface area contributed by atoms with Gasteiger partial charge in [0.05, 0.1) is 18.2 Å². The number of ether oxygens (including phenoxy) is 1. The zero-order chi connectivity index (χ0) is 21.7. The van der Waals surface area contributed by atoms with Gasteiger partial charge in [-0.25, -0.2) is 9.97 Å². The number of thiophene rings is 1. The summed E-state index contributed by atoms with van der Waals surface area (Å²) < 4.78 is 5.58. The third kappa shape index (κ3) is 3.55. The van der Waals surface area contributed by atoms with Crippen LogP contribution in [0.3, 0.4) is 0 Å². The van der Waals surface area contributed by atoms with E-state index >= 15 is 0 Å². The summed E-state index contributed by atoms with van der Waals surface area (Å²) in [6.45, 7) is 0. The van der Waals surface area contributed by atoms with Crippen LogP contribution < -0.4 is 10.1 Å². The highest BCUT2D eigenvalue weighted by Gasteiger charge is 2.30. The van der Waals surface area contributed by atoms with Crippen LogP contribution in [-0.2, 0) is 28.9 Å². The number of nitrogens with zero attached hydrogens (tertiary/aromatic N) is 3. The second-order valence-electron chi connectivity index (χ2n) is 8.01. The average molecular weight is 455 g/mol. The van der Waals surface area contributed by atoms with Gasteiger partial charge >= 0.3 is 0 Å². The number of hydrogen-bond donors (Lipinski definition) is 1. The van der Waals surface area contributed by atoms with Gasteiger partial charge in [0.1, 0.15) is 22.7 Å². The first kappa shape index (κ1) is 20.3. The predicted octanol–water partition coefficient (Wildman–Crippen LogP) is 3.81. The number of anilines is 2. The van der Waals surface area contributed by atoms with E-state index in [1.165, 1.54) is 22.2 Å². The first-order valence-electron chi connectivity index (χ1n) is 10.1. The van der Waals surface area contributed by atoms with Gasteiger partial charge in [0, 0.05) is 36.2 Å². The van der Waals surface area contributed by atoms with Gasteiger partial charge < -0.3 is 15.0 Å². The molecule has 2 aliphatic rings. The molecule has 31 heavy (non-hydrogen) atoms. The predicted molar refractivity (Wildman–Crippen MR) is 122 cm³/mol. The second-order valence-corrected chi connectivity index (χ2v) is 10.2. The van der Waals surface area contributed by atoms with Crippen LogP contribution in [0.25, 0.3) is 10.2 Å². The number of methoxy groups -OCH3 is 1. The largest absolute Gasteiger partial charge is 0.495 e. The Hall–Kier alpha value is -2.65. The number of nitrogens with one attached hydrogen (secondary N) is 1. The number of carbonyl (C=O) groups is 2.